The summed E-state index contributed by atoms with van der Waals surface area (Å²) in [6, 6.07) is 10.6. The van der Waals surface area contributed by atoms with Crippen LogP contribution in [0.1, 0.15) is 40.7 Å². The molecule has 0 saturated carbocycles. The number of amides is 3. The lowest BCUT2D eigenvalue weighted by Crippen LogP contribution is -2.37. The summed E-state index contributed by atoms with van der Waals surface area (Å²) in [6.45, 7) is 2.28. The molecule has 2 aromatic heterocycles. The summed E-state index contributed by atoms with van der Waals surface area (Å²) in [4.78, 5) is 43.3. The van der Waals surface area contributed by atoms with E-state index in [0.717, 1.165) is 33.9 Å². The first-order chi connectivity index (χ1) is 16.0. The third kappa shape index (κ3) is 4.00. The van der Waals surface area contributed by atoms with Crippen LogP contribution in [-0.2, 0) is 16.0 Å². The first-order valence-electron chi connectivity index (χ1n) is 10.9. The van der Waals surface area contributed by atoms with Crippen molar-refractivity contribution in [2.75, 3.05) is 19.7 Å². The normalized spacial score (nSPS) is 18.9. The highest BCUT2D eigenvalue weighted by Gasteiger charge is 2.31. The number of carbonyl (C=O) groups excluding carboxylic acids is 3. The summed E-state index contributed by atoms with van der Waals surface area (Å²) in [5.41, 5.74) is 3.64. The zero-order valence-corrected chi connectivity index (χ0v) is 18.2. The molecule has 8 heteroatoms. The van der Waals surface area contributed by atoms with Crippen molar-refractivity contribution in [2.45, 2.75) is 19.8 Å². The number of pyridine rings is 1. The van der Waals surface area contributed by atoms with Crippen molar-refractivity contribution in [1.29, 1.82) is 0 Å². The fourth-order valence-corrected chi connectivity index (χ4v) is 4.50. The Kier molecular flexibility index (Phi) is 5.42. The van der Waals surface area contributed by atoms with Gasteiger partial charge in [0.2, 0.25) is 0 Å². The summed E-state index contributed by atoms with van der Waals surface area (Å²) in [6.07, 6.45) is 5.04. The summed E-state index contributed by atoms with van der Waals surface area (Å²) >= 11 is 0. The molecule has 1 saturated heterocycles. The van der Waals surface area contributed by atoms with E-state index in [1.807, 2.05) is 42.5 Å². The number of urea groups is 1. The average molecular weight is 445 g/mol. The van der Waals surface area contributed by atoms with E-state index >= 15 is 0 Å². The molecule has 1 aliphatic carbocycles. The van der Waals surface area contributed by atoms with Gasteiger partial charge in [-0.05, 0) is 54.2 Å². The van der Waals surface area contributed by atoms with Crippen LogP contribution in [0, 0.1) is 5.92 Å². The molecule has 1 unspecified atom stereocenters. The molecule has 0 spiro atoms. The Hall–Kier alpha value is -3.94. The average Bonchev–Trinajstić information content (AvgIpc) is 3.47. The summed E-state index contributed by atoms with van der Waals surface area (Å²) in [5.74, 6) is -0.136. The summed E-state index contributed by atoms with van der Waals surface area (Å²) in [5, 5.41) is 3.25. The fraction of sp³-hybridized carbons (Fsp3) is 0.280. The SMILES string of the molecule is CC1C/C(=C\c2ccco2)c2nc3ccccc3c(C(=O)OCC(=O)N3CCNC3=O)c2C1. The standard InChI is InChI=1S/C25H23N3O5/c1-15-11-16(13-17-5-4-10-32-17)23-19(12-15)22(18-6-2-3-7-20(18)27-23)24(30)33-14-21(29)28-9-8-26-25(28)31/h2-7,10,13,15H,8-9,11-12,14H2,1H3,(H,26,31)/b16-13+. The van der Waals surface area contributed by atoms with Crippen molar-refractivity contribution in [3.8, 4) is 0 Å². The number of nitrogens with one attached hydrogen (secondary N) is 1. The van der Waals surface area contributed by atoms with Gasteiger partial charge in [0.25, 0.3) is 5.91 Å². The van der Waals surface area contributed by atoms with Crippen LogP contribution in [0.3, 0.4) is 0 Å². The molecule has 1 fully saturated rings. The highest BCUT2D eigenvalue weighted by molar-refractivity contribution is 6.07. The smallest absolute Gasteiger partial charge is 0.339 e. The van der Waals surface area contributed by atoms with Gasteiger partial charge in [-0.25, -0.2) is 14.6 Å². The van der Waals surface area contributed by atoms with Crippen molar-refractivity contribution in [1.82, 2.24) is 15.2 Å². The second-order valence-corrected chi connectivity index (χ2v) is 8.38. The third-order valence-electron chi connectivity index (χ3n) is 5.97. The molecule has 3 heterocycles. The number of benzene rings is 1. The van der Waals surface area contributed by atoms with E-state index in [1.165, 1.54) is 0 Å². The molecule has 3 aromatic rings. The summed E-state index contributed by atoms with van der Waals surface area (Å²) in [7, 11) is 0. The van der Waals surface area contributed by atoms with E-state index in [-0.39, 0.29) is 12.5 Å². The molecular weight excluding hydrogens is 422 g/mol. The van der Waals surface area contributed by atoms with Gasteiger partial charge in [0.05, 0.1) is 23.0 Å². The van der Waals surface area contributed by atoms with Crippen molar-refractivity contribution >= 4 is 40.5 Å². The number of allylic oxidation sites excluding steroid dienone is 1. The van der Waals surface area contributed by atoms with E-state index in [2.05, 4.69) is 12.2 Å². The Morgan fingerprint density at radius 1 is 1.24 bits per heavy atom. The molecule has 1 aromatic carbocycles. The molecule has 1 N–H and O–H groups in total. The molecule has 0 bridgehead atoms. The van der Waals surface area contributed by atoms with Crippen LogP contribution >= 0.6 is 0 Å². The largest absolute Gasteiger partial charge is 0.465 e. The van der Waals surface area contributed by atoms with Crippen LogP contribution in [0.15, 0.2) is 47.1 Å². The predicted molar refractivity (Wildman–Crippen MR) is 121 cm³/mol. The summed E-state index contributed by atoms with van der Waals surface area (Å²) < 4.78 is 10.9. The number of para-hydroxylation sites is 1. The number of ether oxygens (including phenoxy) is 1. The minimum absolute atomic E-state index is 0.265. The van der Waals surface area contributed by atoms with Gasteiger partial charge >= 0.3 is 12.0 Å². The predicted octanol–water partition coefficient (Wildman–Crippen LogP) is 3.66. The molecule has 1 aliphatic heterocycles. The minimum Gasteiger partial charge on any atom is -0.465 e. The van der Waals surface area contributed by atoms with Crippen LogP contribution in [0.2, 0.25) is 0 Å². The van der Waals surface area contributed by atoms with Crippen LogP contribution in [-0.4, -0.2) is 47.5 Å². The quantitative estimate of drug-likeness (QED) is 0.615. The van der Waals surface area contributed by atoms with Gasteiger partial charge in [0.1, 0.15) is 5.76 Å². The molecule has 33 heavy (non-hydrogen) atoms. The van der Waals surface area contributed by atoms with Crippen LogP contribution < -0.4 is 5.32 Å². The van der Waals surface area contributed by atoms with Gasteiger partial charge in [0.15, 0.2) is 6.61 Å². The Morgan fingerprint density at radius 2 is 2.09 bits per heavy atom. The van der Waals surface area contributed by atoms with Crippen molar-refractivity contribution in [3.63, 3.8) is 0 Å². The number of hydrogen-bond donors (Lipinski definition) is 1. The van der Waals surface area contributed by atoms with Gasteiger partial charge in [-0.3, -0.25) is 9.69 Å². The van der Waals surface area contributed by atoms with Crippen molar-refractivity contribution in [3.05, 3.63) is 65.2 Å². The van der Waals surface area contributed by atoms with Gasteiger partial charge in [-0.1, -0.05) is 25.1 Å². The van der Waals surface area contributed by atoms with Crippen LogP contribution in [0.5, 0.6) is 0 Å². The Bertz CT molecular complexity index is 1280. The number of furan rings is 1. The van der Waals surface area contributed by atoms with E-state index < -0.39 is 24.5 Å². The number of nitrogens with zero attached hydrogens (tertiary/aromatic N) is 2. The topological polar surface area (TPSA) is 102 Å². The van der Waals surface area contributed by atoms with E-state index in [4.69, 9.17) is 14.1 Å². The monoisotopic (exact) mass is 445 g/mol. The molecular formula is C25H23N3O5. The molecule has 0 radical (unpaired) electrons. The second kappa shape index (κ2) is 8.54. The number of carbonyl (C=O) groups is 3. The van der Waals surface area contributed by atoms with E-state index in [0.29, 0.717) is 29.4 Å². The number of hydrogen-bond acceptors (Lipinski definition) is 6. The highest BCUT2D eigenvalue weighted by Crippen LogP contribution is 2.38. The molecule has 1 atom stereocenters. The second-order valence-electron chi connectivity index (χ2n) is 8.38. The van der Waals surface area contributed by atoms with Crippen LogP contribution in [0.4, 0.5) is 4.79 Å². The van der Waals surface area contributed by atoms with Crippen molar-refractivity contribution in [2.24, 2.45) is 5.92 Å². The zero-order valence-electron chi connectivity index (χ0n) is 18.2. The molecule has 5 rings (SSSR count). The maximum absolute atomic E-state index is 13.3. The molecule has 3 amide bonds. The Morgan fingerprint density at radius 3 is 2.85 bits per heavy atom. The number of fused-ring (bicyclic) bond motifs is 2. The Balaban J connectivity index is 1.54. The maximum atomic E-state index is 13.3. The van der Waals surface area contributed by atoms with Gasteiger partial charge in [-0.15, -0.1) is 0 Å². The molecule has 2 aliphatic rings. The molecule has 8 nitrogen and oxygen atoms in total. The van der Waals surface area contributed by atoms with E-state index in [1.54, 1.807) is 6.26 Å². The van der Waals surface area contributed by atoms with Gasteiger partial charge < -0.3 is 14.5 Å². The number of imide groups is 1. The van der Waals surface area contributed by atoms with E-state index in [9.17, 15) is 14.4 Å². The third-order valence-corrected chi connectivity index (χ3v) is 5.97. The number of aromatic nitrogens is 1. The lowest BCUT2D eigenvalue weighted by Gasteiger charge is -2.26. The lowest BCUT2D eigenvalue weighted by molar-refractivity contribution is -0.130. The lowest BCUT2D eigenvalue weighted by atomic mass is 9.81. The van der Waals surface area contributed by atoms with Crippen molar-refractivity contribution < 1.29 is 23.5 Å². The maximum Gasteiger partial charge on any atom is 0.339 e. The first kappa shape index (κ1) is 20.9. The number of rotatable bonds is 4. The van der Waals surface area contributed by atoms with Crippen LogP contribution in [0.25, 0.3) is 22.6 Å². The number of esters is 1. The first-order valence-corrected chi connectivity index (χ1v) is 10.9. The molecule has 168 valence electrons. The Labute approximate surface area is 190 Å². The fourth-order valence-electron chi connectivity index (χ4n) is 4.50. The minimum atomic E-state index is -0.593. The highest BCUT2D eigenvalue weighted by atomic mass is 16.5. The van der Waals surface area contributed by atoms with Gasteiger partial charge in [-0.2, -0.15) is 0 Å². The zero-order chi connectivity index (χ0) is 22.9. The van der Waals surface area contributed by atoms with Gasteiger partial charge in [0, 0.05) is 18.5 Å².